The van der Waals surface area contributed by atoms with E-state index < -0.39 is 5.97 Å². The van der Waals surface area contributed by atoms with Crippen LogP contribution in [0.1, 0.15) is 26.3 Å². The highest BCUT2D eigenvalue weighted by atomic mass is 79.9. The minimum atomic E-state index is -0.503. The lowest BCUT2D eigenvalue weighted by atomic mass is 10.0. The number of esters is 1. The van der Waals surface area contributed by atoms with Gasteiger partial charge in [0.15, 0.2) is 5.78 Å². The van der Waals surface area contributed by atoms with Gasteiger partial charge in [-0.25, -0.2) is 4.79 Å². The molecule has 3 rings (SSSR count). The van der Waals surface area contributed by atoms with Crippen molar-refractivity contribution >= 4 is 27.7 Å². The second-order valence-corrected chi connectivity index (χ2v) is 6.95. The maximum atomic E-state index is 12.4. The largest absolute Gasteiger partial charge is 0.490 e. The Morgan fingerprint density at radius 2 is 1.48 bits per heavy atom. The molecule has 0 N–H and O–H groups in total. The summed E-state index contributed by atoms with van der Waals surface area (Å²) in [4.78, 5) is 24.8. The first-order chi connectivity index (χ1) is 14.1. The van der Waals surface area contributed by atoms with E-state index in [4.69, 9.17) is 14.2 Å². The van der Waals surface area contributed by atoms with E-state index in [-0.39, 0.29) is 5.78 Å². The zero-order chi connectivity index (χ0) is 20.6. The van der Waals surface area contributed by atoms with E-state index >= 15 is 0 Å². The number of rotatable bonds is 8. The summed E-state index contributed by atoms with van der Waals surface area (Å²) in [6.45, 7) is 0.881. The molecule has 3 aromatic carbocycles. The van der Waals surface area contributed by atoms with Gasteiger partial charge in [0.05, 0.1) is 16.6 Å². The van der Waals surface area contributed by atoms with Crippen molar-refractivity contribution in [2.75, 3.05) is 20.3 Å². The number of carbonyl (C=O) groups excluding carboxylic acids is 2. The molecule has 0 aliphatic heterocycles. The van der Waals surface area contributed by atoms with Crippen molar-refractivity contribution < 1.29 is 23.8 Å². The topological polar surface area (TPSA) is 61.8 Å². The molecular weight excluding hydrogens is 436 g/mol. The maximum absolute atomic E-state index is 12.4. The Hall–Kier alpha value is -2.96. The van der Waals surface area contributed by atoms with Crippen molar-refractivity contribution in [3.8, 4) is 11.5 Å². The van der Waals surface area contributed by atoms with Crippen LogP contribution in [0.3, 0.4) is 0 Å². The van der Waals surface area contributed by atoms with Gasteiger partial charge in [-0.1, -0.05) is 30.3 Å². The van der Waals surface area contributed by atoms with Crippen molar-refractivity contribution in [3.63, 3.8) is 0 Å². The molecule has 3 aromatic rings. The Kier molecular flexibility index (Phi) is 7.16. The SMILES string of the molecule is COCCOc1ccc(C(=O)Oc2ccc(C(=O)c3ccccc3)cc2)cc1Br. The lowest BCUT2D eigenvalue weighted by Gasteiger charge is -2.10. The van der Waals surface area contributed by atoms with Crippen LogP contribution < -0.4 is 9.47 Å². The molecule has 0 atom stereocenters. The standard InChI is InChI=1S/C23H19BrO5/c1-27-13-14-28-21-12-9-18(15-20(21)24)23(26)29-19-10-7-17(8-11-19)22(25)16-5-3-2-4-6-16/h2-12,15H,13-14H2,1H3. The highest BCUT2D eigenvalue weighted by molar-refractivity contribution is 9.10. The Morgan fingerprint density at radius 3 is 2.14 bits per heavy atom. The number of ketones is 1. The van der Waals surface area contributed by atoms with Gasteiger partial charge in [-0.2, -0.15) is 0 Å². The first kappa shape index (κ1) is 20.8. The maximum Gasteiger partial charge on any atom is 0.343 e. The van der Waals surface area contributed by atoms with E-state index in [9.17, 15) is 9.59 Å². The van der Waals surface area contributed by atoms with Crippen LogP contribution >= 0.6 is 15.9 Å². The fraction of sp³-hybridized carbons (Fsp3) is 0.130. The number of methoxy groups -OCH3 is 1. The molecule has 0 fully saturated rings. The fourth-order valence-corrected chi connectivity index (χ4v) is 3.07. The number of carbonyl (C=O) groups is 2. The quantitative estimate of drug-likeness (QED) is 0.209. The molecule has 0 unspecified atom stereocenters. The van der Waals surface area contributed by atoms with Gasteiger partial charge in [0.2, 0.25) is 0 Å². The van der Waals surface area contributed by atoms with Crippen LogP contribution in [-0.4, -0.2) is 32.1 Å². The van der Waals surface area contributed by atoms with Gasteiger partial charge in [-0.05, 0) is 58.4 Å². The van der Waals surface area contributed by atoms with Gasteiger partial charge in [-0.3, -0.25) is 4.79 Å². The normalized spacial score (nSPS) is 10.4. The third-order valence-corrected chi connectivity index (χ3v) is 4.70. The fourth-order valence-electron chi connectivity index (χ4n) is 2.58. The van der Waals surface area contributed by atoms with Crippen LogP contribution in [0, 0.1) is 0 Å². The lowest BCUT2D eigenvalue weighted by Crippen LogP contribution is -2.09. The van der Waals surface area contributed by atoms with E-state index in [0.29, 0.717) is 45.9 Å². The van der Waals surface area contributed by atoms with E-state index in [1.54, 1.807) is 61.7 Å². The van der Waals surface area contributed by atoms with E-state index in [2.05, 4.69) is 15.9 Å². The molecule has 5 nitrogen and oxygen atoms in total. The Bertz CT molecular complexity index is 984. The summed E-state index contributed by atoms with van der Waals surface area (Å²) in [5.41, 5.74) is 1.51. The molecule has 0 aliphatic rings. The molecule has 0 aliphatic carbocycles. The Balaban J connectivity index is 1.65. The van der Waals surface area contributed by atoms with E-state index in [0.717, 1.165) is 0 Å². The highest BCUT2D eigenvalue weighted by Gasteiger charge is 2.13. The van der Waals surface area contributed by atoms with Crippen LogP contribution in [0.2, 0.25) is 0 Å². The number of halogens is 1. The molecule has 148 valence electrons. The van der Waals surface area contributed by atoms with Gasteiger partial charge in [0, 0.05) is 18.2 Å². The number of hydrogen-bond donors (Lipinski definition) is 0. The third kappa shape index (κ3) is 5.53. The molecule has 0 aromatic heterocycles. The first-order valence-corrected chi connectivity index (χ1v) is 9.71. The zero-order valence-electron chi connectivity index (χ0n) is 15.8. The van der Waals surface area contributed by atoms with Crippen molar-refractivity contribution in [3.05, 3.63) is 94.0 Å². The molecule has 0 radical (unpaired) electrons. The highest BCUT2D eigenvalue weighted by Crippen LogP contribution is 2.27. The summed E-state index contributed by atoms with van der Waals surface area (Å²) in [5, 5.41) is 0. The second-order valence-electron chi connectivity index (χ2n) is 6.10. The first-order valence-electron chi connectivity index (χ1n) is 8.92. The molecular formula is C23H19BrO5. The predicted molar refractivity (Wildman–Crippen MR) is 113 cm³/mol. The van der Waals surface area contributed by atoms with Crippen LogP contribution in [-0.2, 0) is 4.74 Å². The smallest absolute Gasteiger partial charge is 0.343 e. The average Bonchev–Trinajstić information content (AvgIpc) is 2.75. The summed E-state index contributed by atoms with van der Waals surface area (Å²) in [5.74, 6) is 0.381. The zero-order valence-corrected chi connectivity index (χ0v) is 17.3. The minimum absolute atomic E-state index is 0.0866. The van der Waals surface area contributed by atoms with Gasteiger partial charge in [0.25, 0.3) is 0 Å². The lowest BCUT2D eigenvalue weighted by molar-refractivity contribution is 0.0734. The van der Waals surface area contributed by atoms with Gasteiger partial charge in [-0.15, -0.1) is 0 Å². The van der Waals surface area contributed by atoms with E-state index in [1.165, 1.54) is 0 Å². The molecule has 0 bridgehead atoms. The van der Waals surface area contributed by atoms with Crippen LogP contribution in [0.5, 0.6) is 11.5 Å². The number of hydrogen-bond acceptors (Lipinski definition) is 5. The van der Waals surface area contributed by atoms with E-state index in [1.807, 2.05) is 18.2 Å². The van der Waals surface area contributed by atoms with Gasteiger partial charge >= 0.3 is 5.97 Å². The molecule has 0 saturated carbocycles. The Morgan fingerprint density at radius 1 is 0.828 bits per heavy atom. The van der Waals surface area contributed by atoms with Gasteiger partial charge in [0.1, 0.15) is 18.1 Å². The second kappa shape index (κ2) is 10.0. The molecule has 6 heteroatoms. The molecule has 0 amide bonds. The predicted octanol–water partition coefficient (Wildman–Crippen LogP) is 4.92. The minimum Gasteiger partial charge on any atom is -0.490 e. The molecule has 0 saturated heterocycles. The number of benzene rings is 3. The summed E-state index contributed by atoms with van der Waals surface area (Å²) in [7, 11) is 1.60. The van der Waals surface area contributed by atoms with Crippen molar-refractivity contribution in [2.24, 2.45) is 0 Å². The molecule has 29 heavy (non-hydrogen) atoms. The van der Waals surface area contributed by atoms with Crippen molar-refractivity contribution in [1.82, 2.24) is 0 Å². The average molecular weight is 455 g/mol. The van der Waals surface area contributed by atoms with Crippen molar-refractivity contribution in [1.29, 1.82) is 0 Å². The monoisotopic (exact) mass is 454 g/mol. The molecule has 0 spiro atoms. The number of ether oxygens (including phenoxy) is 3. The summed E-state index contributed by atoms with van der Waals surface area (Å²) < 4.78 is 16.5. The third-order valence-electron chi connectivity index (χ3n) is 4.08. The Labute approximate surface area is 177 Å². The van der Waals surface area contributed by atoms with Gasteiger partial charge < -0.3 is 14.2 Å². The summed E-state index contributed by atoms with van der Waals surface area (Å²) in [6.07, 6.45) is 0. The molecule has 0 heterocycles. The van der Waals surface area contributed by atoms with Crippen molar-refractivity contribution in [2.45, 2.75) is 0 Å². The van der Waals surface area contributed by atoms with Crippen LogP contribution in [0.4, 0.5) is 0 Å². The summed E-state index contributed by atoms with van der Waals surface area (Å²) >= 11 is 3.39. The van der Waals surface area contributed by atoms with Crippen LogP contribution in [0.15, 0.2) is 77.3 Å². The summed E-state index contributed by atoms with van der Waals surface area (Å²) in [6, 6.07) is 20.4. The van der Waals surface area contributed by atoms with Crippen LogP contribution in [0.25, 0.3) is 0 Å².